The summed E-state index contributed by atoms with van der Waals surface area (Å²) in [5.41, 5.74) is -3.81. The highest BCUT2D eigenvalue weighted by Crippen LogP contribution is 2.59. The SMILES string of the molecule is FC(F)(F)C1=NC(F)(C(F)(F)F)C(F)(F)C1(F)F. The monoisotopic (exact) mass is 295 g/mol. The molecular weight excluding hydrogens is 295 g/mol. The third-order valence-electron chi connectivity index (χ3n) is 2.02. The average Bonchev–Trinajstić information content (AvgIpc) is 2.21. The first-order valence-corrected chi connectivity index (χ1v) is 3.78. The second kappa shape index (κ2) is 3.26. The van der Waals surface area contributed by atoms with Gasteiger partial charge < -0.3 is 0 Å². The van der Waals surface area contributed by atoms with Crippen molar-refractivity contribution in [1.29, 1.82) is 0 Å². The fraction of sp³-hybridized carbons (Fsp3) is 0.833. The summed E-state index contributed by atoms with van der Waals surface area (Å²) in [5, 5.41) is 0. The molecule has 0 saturated heterocycles. The largest absolute Gasteiger partial charge is 0.450 e. The third-order valence-corrected chi connectivity index (χ3v) is 2.02. The van der Waals surface area contributed by atoms with Gasteiger partial charge in [-0.1, -0.05) is 0 Å². The quantitative estimate of drug-likeness (QED) is 0.479. The maximum absolute atomic E-state index is 12.8. The van der Waals surface area contributed by atoms with Crippen LogP contribution in [-0.4, -0.2) is 35.7 Å². The first-order chi connectivity index (χ1) is 7.59. The highest BCUT2D eigenvalue weighted by Gasteiger charge is 2.88. The zero-order chi connectivity index (χ0) is 14.8. The minimum Gasteiger partial charge on any atom is -0.225 e. The molecule has 0 radical (unpaired) electrons. The van der Waals surface area contributed by atoms with Crippen LogP contribution in [0.5, 0.6) is 0 Å². The predicted octanol–water partition coefficient (Wildman–Crippen LogP) is 3.50. The Labute approximate surface area is 90.3 Å². The van der Waals surface area contributed by atoms with Crippen LogP contribution in [0.3, 0.4) is 0 Å². The van der Waals surface area contributed by atoms with E-state index in [0.29, 0.717) is 0 Å². The van der Waals surface area contributed by atoms with E-state index in [2.05, 4.69) is 0 Å². The van der Waals surface area contributed by atoms with Gasteiger partial charge in [0.05, 0.1) is 0 Å². The van der Waals surface area contributed by atoms with Crippen molar-refractivity contribution in [2.75, 3.05) is 0 Å². The van der Waals surface area contributed by atoms with E-state index in [1.54, 1.807) is 0 Å². The Bertz CT molecular complexity index is 387. The minimum absolute atomic E-state index is 0.868. The van der Waals surface area contributed by atoms with Gasteiger partial charge in [0.25, 0.3) is 0 Å². The summed E-state index contributed by atoms with van der Waals surface area (Å²) in [7, 11) is 0. The van der Waals surface area contributed by atoms with Gasteiger partial charge in [-0.2, -0.15) is 43.9 Å². The lowest BCUT2D eigenvalue weighted by molar-refractivity contribution is -0.326. The summed E-state index contributed by atoms with van der Waals surface area (Å²) < 4.78 is 134. The van der Waals surface area contributed by atoms with E-state index < -0.39 is 35.7 Å². The van der Waals surface area contributed by atoms with E-state index in [1.807, 2.05) is 0 Å². The molecule has 0 fully saturated rings. The molecule has 1 nitrogen and oxygen atoms in total. The number of aliphatic imine (C=N–C) groups is 1. The molecule has 0 aromatic carbocycles. The van der Waals surface area contributed by atoms with Crippen LogP contribution in [-0.2, 0) is 0 Å². The van der Waals surface area contributed by atoms with Gasteiger partial charge in [-0.25, -0.2) is 9.38 Å². The standard InChI is InChI=1S/C6F11N/c7-2(8)1(3(9,10)11)18-5(14,4(2,12)13)6(15,16)17. The van der Waals surface area contributed by atoms with Gasteiger partial charge in [0.15, 0.2) is 5.71 Å². The molecule has 0 aromatic rings. The second-order valence-corrected chi connectivity index (χ2v) is 3.23. The van der Waals surface area contributed by atoms with Crippen molar-refractivity contribution in [2.24, 2.45) is 4.99 Å². The summed E-state index contributed by atoms with van der Waals surface area (Å²) in [4.78, 5) is 0.868. The van der Waals surface area contributed by atoms with Crippen LogP contribution in [0.15, 0.2) is 4.99 Å². The van der Waals surface area contributed by atoms with Gasteiger partial charge in [-0.15, -0.1) is 0 Å². The zero-order valence-electron chi connectivity index (χ0n) is 7.60. The first-order valence-electron chi connectivity index (χ1n) is 3.78. The number of alkyl halides is 11. The lowest BCUT2D eigenvalue weighted by atomic mass is 10.0. The summed E-state index contributed by atoms with van der Waals surface area (Å²) in [6.07, 6.45) is -13.1. The van der Waals surface area contributed by atoms with Gasteiger partial charge in [0.1, 0.15) is 0 Å². The van der Waals surface area contributed by atoms with Crippen molar-refractivity contribution in [3.63, 3.8) is 0 Å². The predicted molar refractivity (Wildman–Crippen MR) is 33.3 cm³/mol. The molecule has 1 unspecified atom stereocenters. The number of hydrogen-bond donors (Lipinski definition) is 0. The van der Waals surface area contributed by atoms with E-state index in [4.69, 9.17) is 0 Å². The van der Waals surface area contributed by atoms with E-state index in [1.165, 1.54) is 0 Å². The van der Waals surface area contributed by atoms with Crippen molar-refractivity contribution in [2.45, 2.75) is 30.0 Å². The molecule has 0 saturated carbocycles. The Balaban J connectivity index is 3.56. The number of nitrogens with zero attached hydrogens (tertiary/aromatic N) is 1. The summed E-state index contributed by atoms with van der Waals surface area (Å²) in [6, 6.07) is 0. The molecule has 1 atom stereocenters. The van der Waals surface area contributed by atoms with E-state index >= 15 is 0 Å². The fourth-order valence-electron chi connectivity index (χ4n) is 1.13. The lowest BCUT2D eigenvalue weighted by Crippen LogP contribution is -2.59. The van der Waals surface area contributed by atoms with Crippen LogP contribution < -0.4 is 0 Å². The van der Waals surface area contributed by atoms with Gasteiger partial charge in [0, 0.05) is 0 Å². The Morgan fingerprint density at radius 3 is 1.33 bits per heavy atom. The van der Waals surface area contributed by atoms with Gasteiger partial charge in [-0.3, -0.25) is 0 Å². The molecule has 0 spiro atoms. The van der Waals surface area contributed by atoms with Crippen molar-refractivity contribution in [3.8, 4) is 0 Å². The molecule has 18 heavy (non-hydrogen) atoms. The van der Waals surface area contributed by atoms with E-state index in [0.717, 1.165) is 4.99 Å². The molecular formula is C6F11N. The molecule has 1 heterocycles. The van der Waals surface area contributed by atoms with Crippen LogP contribution in [0.2, 0.25) is 0 Å². The van der Waals surface area contributed by atoms with Gasteiger partial charge in [-0.05, 0) is 0 Å². The summed E-state index contributed by atoms with van der Waals surface area (Å²) in [5.74, 6) is -19.4. The highest BCUT2D eigenvalue weighted by atomic mass is 19.4. The van der Waals surface area contributed by atoms with E-state index in [9.17, 15) is 48.3 Å². The Kier molecular flexibility index (Phi) is 2.71. The Morgan fingerprint density at radius 2 is 1.17 bits per heavy atom. The number of halogens is 11. The van der Waals surface area contributed by atoms with Crippen LogP contribution in [0.1, 0.15) is 0 Å². The van der Waals surface area contributed by atoms with Crippen molar-refractivity contribution in [1.82, 2.24) is 0 Å². The topological polar surface area (TPSA) is 12.4 Å². The molecule has 0 aromatic heterocycles. The molecule has 12 heteroatoms. The first kappa shape index (κ1) is 15.0. The zero-order valence-corrected chi connectivity index (χ0v) is 7.60. The molecule has 0 amide bonds. The highest BCUT2D eigenvalue weighted by molar-refractivity contribution is 5.99. The lowest BCUT2D eigenvalue weighted by Gasteiger charge is -2.29. The van der Waals surface area contributed by atoms with Crippen LogP contribution >= 0.6 is 0 Å². The summed E-state index contributed by atoms with van der Waals surface area (Å²) in [6.45, 7) is 0. The normalized spacial score (nSPS) is 31.4. The molecule has 106 valence electrons. The van der Waals surface area contributed by atoms with Crippen molar-refractivity contribution >= 4 is 5.71 Å². The molecule has 0 N–H and O–H groups in total. The number of hydrogen-bond acceptors (Lipinski definition) is 1. The molecule has 1 aliphatic heterocycles. The Morgan fingerprint density at radius 1 is 0.778 bits per heavy atom. The maximum Gasteiger partial charge on any atom is 0.450 e. The van der Waals surface area contributed by atoms with E-state index in [-0.39, 0.29) is 0 Å². The molecule has 0 aliphatic carbocycles. The summed E-state index contributed by atoms with van der Waals surface area (Å²) >= 11 is 0. The van der Waals surface area contributed by atoms with Crippen LogP contribution in [0, 0.1) is 0 Å². The van der Waals surface area contributed by atoms with Gasteiger partial charge >= 0.3 is 30.0 Å². The van der Waals surface area contributed by atoms with Gasteiger partial charge in [0.2, 0.25) is 0 Å². The third kappa shape index (κ3) is 1.56. The maximum atomic E-state index is 12.8. The smallest absolute Gasteiger partial charge is 0.225 e. The average molecular weight is 295 g/mol. The fourth-order valence-corrected chi connectivity index (χ4v) is 1.13. The number of rotatable bonds is 0. The van der Waals surface area contributed by atoms with Crippen molar-refractivity contribution < 1.29 is 48.3 Å². The van der Waals surface area contributed by atoms with Crippen LogP contribution in [0.25, 0.3) is 0 Å². The van der Waals surface area contributed by atoms with Crippen LogP contribution in [0.4, 0.5) is 48.3 Å². The molecule has 1 rings (SSSR count). The Hall–Kier alpha value is -1.10. The molecule has 0 bridgehead atoms. The van der Waals surface area contributed by atoms with Crippen molar-refractivity contribution in [3.05, 3.63) is 0 Å². The second-order valence-electron chi connectivity index (χ2n) is 3.23. The molecule has 1 aliphatic rings. The minimum atomic E-state index is -6.73.